The summed E-state index contributed by atoms with van der Waals surface area (Å²) in [6.45, 7) is 0. The molecule has 0 amide bonds. The van der Waals surface area contributed by atoms with Crippen LogP contribution in [0.4, 0.5) is 4.39 Å². The number of ether oxygens (including phenoxy) is 1. The Kier molecular flexibility index (Phi) is 3.55. The standard InChI is InChI=1S/C16H8BrFN2O/c17-15-11(9-19)4-6-14(16(15)18)21-12-5-3-10-2-1-7-20-13(10)8-12/h1-8H. The molecule has 3 rings (SSSR count). The minimum Gasteiger partial charge on any atom is -0.454 e. The van der Waals surface area contributed by atoms with Gasteiger partial charge in [0.25, 0.3) is 0 Å². The van der Waals surface area contributed by atoms with Gasteiger partial charge in [-0.2, -0.15) is 5.26 Å². The van der Waals surface area contributed by atoms with Gasteiger partial charge in [0.2, 0.25) is 0 Å². The third kappa shape index (κ3) is 2.58. The number of pyridine rings is 1. The second kappa shape index (κ2) is 5.51. The van der Waals surface area contributed by atoms with Crippen molar-refractivity contribution in [3.05, 3.63) is 64.5 Å². The van der Waals surface area contributed by atoms with Crippen LogP contribution >= 0.6 is 15.9 Å². The SMILES string of the molecule is N#Cc1ccc(Oc2ccc3cccnc3c2)c(F)c1Br. The lowest BCUT2D eigenvalue weighted by atomic mass is 10.2. The number of rotatable bonds is 2. The molecule has 0 unspecified atom stereocenters. The van der Waals surface area contributed by atoms with E-state index in [0.29, 0.717) is 5.75 Å². The number of nitriles is 1. The smallest absolute Gasteiger partial charge is 0.181 e. The second-order valence-electron chi connectivity index (χ2n) is 4.31. The molecule has 102 valence electrons. The zero-order valence-corrected chi connectivity index (χ0v) is 12.3. The van der Waals surface area contributed by atoms with Crippen LogP contribution in [0.3, 0.4) is 0 Å². The highest BCUT2D eigenvalue weighted by molar-refractivity contribution is 9.10. The predicted octanol–water partition coefficient (Wildman–Crippen LogP) is 4.80. The van der Waals surface area contributed by atoms with Crippen LogP contribution in [0.5, 0.6) is 11.5 Å². The normalized spacial score (nSPS) is 10.3. The summed E-state index contributed by atoms with van der Waals surface area (Å²) in [5.74, 6) is -0.0666. The summed E-state index contributed by atoms with van der Waals surface area (Å²) in [7, 11) is 0. The molecule has 0 fully saturated rings. The highest BCUT2D eigenvalue weighted by atomic mass is 79.9. The summed E-state index contributed by atoms with van der Waals surface area (Å²) >= 11 is 3.05. The highest BCUT2D eigenvalue weighted by Gasteiger charge is 2.13. The van der Waals surface area contributed by atoms with E-state index in [2.05, 4.69) is 20.9 Å². The first-order valence-electron chi connectivity index (χ1n) is 6.10. The van der Waals surface area contributed by atoms with Crippen LogP contribution in [-0.2, 0) is 0 Å². The molecule has 1 heterocycles. The van der Waals surface area contributed by atoms with Gasteiger partial charge in [0, 0.05) is 17.6 Å². The van der Waals surface area contributed by atoms with Gasteiger partial charge in [0.1, 0.15) is 11.8 Å². The average Bonchev–Trinajstić information content (AvgIpc) is 2.52. The molecule has 1 aromatic heterocycles. The van der Waals surface area contributed by atoms with Crippen molar-refractivity contribution in [2.45, 2.75) is 0 Å². The number of benzene rings is 2. The maximum atomic E-state index is 14.1. The van der Waals surface area contributed by atoms with Crippen LogP contribution in [0.25, 0.3) is 10.9 Å². The van der Waals surface area contributed by atoms with Crippen molar-refractivity contribution in [1.82, 2.24) is 4.98 Å². The molecule has 0 atom stereocenters. The van der Waals surface area contributed by atoms with Crippen molar-refractivity contribution in [2.75, 3.05) is 0 Å². The van der Waals surface area contributed by atoms with Crippen LogP contribution in [0.2, 0.25) is 0 Å². The van der Waals surface area contributed by atoms with E-state index in [1.807, 2.05) is 24.3 Å². The number of hydrogen-bond acceptors (Lipinski definition) is 3. The lowest BCUT2D eigenvalue weighted by molar-refractivity contribution is 0.440. The molecule has 0 aliphatic carbocycles. The number of halogens is 2. The maximum Gasteiger partial charge on any atom is 0.181 e. The van der Waals surface area contributed by atoms with Crippen molar-refractivity contribution < 1.29 is 9.13 Å². The van der Waals surface area contributed by atoms with E-state index >= 15 is 0 Å². The van der Waals surface area contributed by atoms with E-state index in [9.17, 15) is 4.39 Å². The Morgan fingerprint density at radius 3 is 2.86 bits per heavy atom. The van der Waals surface area contributed by atoms with Gasteiger partial charge in [0.15, 0.2) is 11.6 Å². The van der Waals surface area contributed by atoms with Gasteiger partial charge < -0.3 is 4.74 Å². The molecule has 3 nitrogen and oxygen atoms in total. The third-order valence-electron chi connectivity index (χ3n) is 2.97. The van der Waals surface area contributed by atoms with E-state index in [4.69, 9.17) is 10.00 Å². The third-order valence-corrected chi connectivity index (χ3v) is 3.75. The monoisotopic (exact) mass is 342 g/mol. The Balaban J connectivity index is 1.99. The lowest BCUT2D eigenvalue weighted by Crippen LogP contribution is -1.92. The first-order chi connectivity index (χ1) is 10.2. The van der Waals surface area contributed by atoms with Crippen LogP contribution < -0.4 is 4.74 Å². The molecule has 0 saturated heterocycles. The van der Waals surface area contributed by atoms with Gasteiger partial charge in [0.05, 0.1) is 15.6 Å². The molecule has 0 N–H and O–H groups in total. The summed E-state index contributed by atoms with van der Waals surface area (Å²) in [5.41, 5.74) is 0.989. The summed E-state index contributed by atoms with van der Waals surface area (Å²) in [6, 6.07) is 14.0. The van der Waals surface area contributed by atoms with Gasteiger partial charge >= 0.3 is 0 Å². The first kappa shape index (κ1) is 13.5. The molecule has 21 heavy (non-hydrogen) atoms. The molecule has 5 heteroatoms. The number of fused-ring (bicyclic) bond motifs is 1. The molecular weight excluding hydrogens is 335 g/mol. The fourth-order valence-corrected chi connectivity index (χ4v) is 2.35. The molecule has 2 aromatic carbocycles. The summed E-state index contributed by atoms with van der Waals surface area (Å²) < 4.78 is 19.8. The zero-order chi connectivity index (χ0) is 14.8. The average molecular weight is 343 g/mol. The highest BCUT2D eigenvalue weighted by Crippen LogP contribution is 2.32. The number of aromatic nitrogens is 1. The molecule has 0 spiro atoms. The van der Waals surface area contributed by atoms with Gasteiger partial charge in [-0.25, -0.2) is 4.39 Å². The Morgan fingerprint density at radius 1 is 1.19 bits per heavy atom. The van der Waals surface area contributed by atoms with Crippen LogP contribution in [0.1, 0.15) is 5.56 Å². The summed E-state index contributed by atoms with van der Waals surface area (Å²) in [4.78, 5) is 4.22. The van der Waals surface area contributed by atoms with Crippen LogP contribution in [0.15, 0.2) is 53.1 Å². The Labute approximate surface area is 128 Å². The van der Waals surface area contributed by atoms with E-state index in [1.54, 1.807) is 18.3 Å². The van der Waals surface area contributed by atoms with E-state index < -0.39 is 5.82 Å². The Morgan fingerprint density at radius 2 is 2.05 bits per heavy atom. The predicted molar refractivity (Wildman–Crippen MR) is 80.6 cm³/mol. The first-order valence-corrected chi connectivity index (χ1v) is 6.89. The molecule has 0 radical (unpaired) electrons. The fraction of sp³-hybridized carbons (Fsp3) is 0. The molecular formula is C16H8BrFN2O. The minimum absolute atomic E-state index is 0.0520. The largest absolute Gasteiger partial charge is 0.454 e. The Hall–Kier alpha value is -2.45. The summed E-state index contributed by atoms with van der Waals surface area (Å²) in [6.07, 6.45) is 1.69. The van der Waals surface area contributed by atoms with E-state index in [0.717, 1.165) is 10.9 Å². The van der Waals surface area contributed by atoms with E-state index in [1.165, 1.54) is 12.1 Å². The molecule has 0 aliphatic rings. The van der Waals surface area contributed by atoms with Crippen molar-refractivity contribution in [3.63, 3.8) is 0 Å². The van der Waals surface area contributed by atoms with Crippen LogP contribution in [-0.4, -0.2) is 4.98 Å². The quantitative estimate of drug-likeness (QED) is 0.671. The minimum atomic E-state index is -0.602. The summed E-state index contributed by atoms with van der Waals surface area (Å²) in [5, 5.41) is 9.82. The number of nitrogens with zero attached hydrogens (tertiary/aromatic N) is 2. The zero-order valence-electron chi connectivity index (χ0n) is 10.7. The lowest BCUT2D eigenvalue weighted by Gasteiger charge is -2.09. The fourth-order valence-electron chi connectivity index (χ4n) is 1.93. The van der Waals surface area contributed by atoms with E-state index in [-0.39, 0.29) is 15.8 Å². The molecule has 0 saturated carbocycles. The van der Waals surface area contributed by atoms with Gasteiger partial charge in [-0.05, 0) is 46.3 Å². The van der Waals surface area contributed by atoms with Crippen molar-refractivity contribution in [1.29, 1.82) is 5.26 Å². The molecule has 0 bridgehead atoms. The molecule has 3 aromatic rings. The van der Waals surface area contributed by atoms with Crippen molar-refractivity contribution >= 4 is 26.8 Å². The molecule has 0 aliphatic heterocycles. The van der Waals surface area contributed by atoms with Crippen molar-refractivity contribution in [3.8, 4) is 17.6 Å². The Bertz CT molecular complexity index is 874. The van der Waals surface area contributed by atoms with Gasteiger partial charge in [-0.3, -0.25) is 4.98 Å². The van der Waals surface area contributed by atoms with Gasteiger partial charge in [-0.15, -0.1) is 0 Å². The van der Waals surface area contributed by atoms with Gasteiger partial charge in [-0.1, -0.05) is 6.07 Å². The maximum absolute atomic E-state index is 14.1. The van der Waals surface area contributed by atoms with Crippen LogP contribution in [0, 0.1) is 17.1 Å². The second-order valence-corrected chi connectivity index (χ2v) is 5.10. The number of hydrogen-bond donors (Lipinski definition) is 0. The van der Waals surface area contributed by atoms with Crippen molar-refractivity contribution in [2.24, 2.45) is 0 Å². The topological polar surface area (TPSA) is 45.9 Å².